The zero-order valence-electron chi connectivity index (χ0n) is 10.5. The zero-order chi connectivity index (χ0) is 12.7. The number of anilines is 1. The van der Waals surface area contributed by atoms with Crippen molar-refractivity contribution >= 4 is 5.69 Å². The predicted molar refractivity (Wildman–Crippen MR) is 74.7 cm³/mol. The molecule has 0 saturated carbocycles. The summed E-state index contributed by atoms with van der Waals surface area (Å²) in [6.07, 6.45) is 0. The van der Waals surface area contributed by atoms with Gasteiger partial charge in [0.15, 0.2) is 0 Å². The highest BCUT2D eigenvalue weighted by atomic mass is 14.5. The van der Waals surface area contributed by atoms with E-state index in [9.17, 15) is 0 Å². The Kier molecular flexibility index (Phi) is 5.24. The van der Waals surface area contributed by atoms with Crippen molar-refractivity contribution in [2.45, 2.75) is 20.4 Å². The highest BCUT2D eigenvalue weighted by Crippen LogP contribution is 2.02. The highest BCUT2D eigenvalue weighted by Gasteiger charge is 1.86. The van der Waals surface area contributed by atoms with E-state index in [4.69, 9.17) is 11.5 Å². The minimum absolute atomic E-state index is 0.641. The molecule has 2 aromatic rings. The van der Waals surface area contributed by atoms with E-state index < -0.39 is 0 Å². The first kappa shape index (κ1) is 13.3. The summed E-state index contributed by atoms with van der Waals surface area (Å²) in [6.45, 7) is 4.75. The molecule has 0 aromatic heterocycles. The van der Waals surface area contributed by atoms with Gasteiger partial charge in [-0.2, -0.15) is 0 Å². The number of hydrogen-bond acceptors (Lipinski definition) is 2. The summed E-state index contributed by atoms with van der Waals surface area (Å²) in [5, 5.41) is 0. The van der Waals surface area contributed by atoms with E-state index >= 15 is 0 Å². The van der Waals surface area contributed by atoms with Gasteiger partial charge in [-0.25, -0.2) is 0 Å². The van der Waals surface area contributed by atoms with Crippen molar-refractivity contribution in [2.75, 3.05) is 5.73 Å². The maximum atomic E-state index is 5.43. The Morgan fingerprint density at radius 3 is 1.94 bits per heavy atom. The third-order valence-electron chi connectivity index (χ3n) is 2.40. The van der Waals surface area contributed by atoms with Crippen molar-refractivity contribution in [3.8, 4) is 0 Å². The summed E-state index contributed by atoms with van der Waals surface area (Å²) < 4.78 is 0. The summed E-state index contributed by atoms with van der Waals surface area (Å²) in [5.74, 6) is 0. The van der Waals surface area contributed by atoms with Crippen LogP contribution in [0.25, 0.3) is 0 Å². The van der Waals surface area contributed by atoms with Crippen molar-refractivity contribution in [1.29, 1.82) is 0 Å². The second-order valence-electron chi connectivity index (χ2n) is 4.10. The molecule has 0 bridgehead atoms. The molecule has 0 fully saturated rings. The fourth-order valence-electron chi connectivity index (χ4n) is 1.41. The van der Waals surface area contributed by atoms with E-state index in [-0.39, 0.29) is 0 Å². The van der Waals surface area contributed by atoms with Gasteiger partial charge < -0.3 is 11.5 Å². The molecule has 0 aliphatic heterocycles. The molecule has 2 heteroatoms. The number of nitrogens with two attached hydrogens (primary N) is 2. The molecule has 0 aliphatic carbocycles. The third kappa shape index (κ3) is 5.18. The summed E-state index contributed by atoms with van der Waals surface area (Å²) in [7, 11) is 0. The molecule has 0 saturated heterocycles. The van der Waals surface area contributed by atoms with Gasteiger partial charge in [-0.1, -0.05) is 47.5 Å². The Morgan fingerprint density at radius 2 is 1.53 bits per heavy atom. The van der Waals surface area contributed by atoms with Crippen LogP contribution in [0, 0.1) is 13.8 Å². The van der Waals surface area contributed by atoms with Crippen LogP contribution in [0.1, 0.15) is 16.7 Å². The fourth-order valence-corrected chi connectivity index (χ4v) is 1.41. The molecule has 2 nitrogen and oxygen atoms in total. The monoisotopic (exact) mass is 228 g/mol. The lowest BCUT2D eigenvalue weighted by molar-refractivity contribution is 1.07. The van der Waals surface area contributed by atoms with Crippen LogP contribution in [0.3, 0.4) is 0 Å². The Balaban J connectivity index is 0.000000171. The molecule has 4 N–H and O–H groups in total. The molecular weight excluding hydrogens is 208 g/mol. The van der Waals surface area contributed by atoms with Crippen molar-refractivity contribution in [2.24, 2.45) is 5.73 Å². The van der Waals surface area contributed by atoms with Crippen LogP contribution >= 0.6 is 0 Å². The van der Waals surface area contributed by atoms with Gasteiger partial charge in [0.25, 0.3) is 0 Å². The smallest absolute Gasteiger partial charge is 0.0314 e. The molecule has 0 spiro atoms. The Hall–Kier alpha value is -1.80. The highest BCUT2D eigenvalue weighted by molar-refractivity contribution is 5.38. The normalized spacial score (nSPS) is 9.35. The lowest BCUT2D eigenvalue weighted by Gasteiger charge is -1.95. The molecule has 0 atom stereocenters. The average molecular weight is 228 g/mol. The molecule has 2 rings (SSSR count). The number of rotatable bonds is 1. The van der Waals surface area contributed by atoms with Crippen LogP contribution in [0.15, 0.2) is 48.5 Å². The van der Waals surface area contributed by atoms with E-state index in [2.05, 4.69) is 19.1 Å². The first-order valence-corrected chi connectivity index (χ1v) is 5.69. The molecule has 0 amide bonds. The van der Waals surface area contributed by atoms with Crippen LogP contribution < -0.4 is 11.5 Å². The quantitative estimate of drug-likeness (QED) is 0.737. The van der Waals surface area contributed by atoms with Crippen molar-refractivity contribution in [3.05, 3.63) is 65.2 Å². The fraction of sp³-hybridized carbons (Fsp3) is 0.200. The molecule has 0 heterocycles. The lowest BCUT2D eigenvalue weighted by atomic mass is 10.1. The van der Waals surface area contributed by atoms with Crippen molar-refractivity contribution < 1.29 is 0 Å². The maximum absolute atomic E-state index is 5.43. The molecule has 0 radical (unpaired) electrons. The standard InChI is InChI=1S/C8H11N.C7H9N/c1-7-3-2-4-8(5-7)6-9;1-6-2-4-7(8)5-3-6/h2-5H,6,9H2,1H3;2-5H,8H2,1H3. The van der Waals surface area contributed by atoms with Gasteiger partial charge in [0.2, 0.25) is 0 Å². The summed E-state index contributed by atoms with van der Waals surface area (Å²) >= 11 is 0. The van der Waals surface area contributed by atoms with E-state index in [1.807, 2.05) is 43.3 Å². The number of aryl methyl sites for hydroxylation is 2. The molecule has 2 aromatic carbocycles. The molecule has 17 heavy (non-hydrogen) atoms. The summed E-state index contributed by atoms with van der Waals surface area (Å²) in [6, 6.07) is 16.0. The first-order chi connectivity index (χ1) is 8.11. The SMILES string of the molecule is Cc1ccc(N)cc1.Cc1cccc(CN)c1. The van der Waals surface area contributed by atoms with Gasteiger partial charge in [0.05, 0.1) is 0 Å². The predicted octanol–water partition coefficient (Wildman–Crippen LogP) is 3.03. The van der Waals surface area contributed by atoms with Gasteiger partial charge in [0, 0.05) is 12.2 Å². The topological polar surface area (TPSA) is 52.0 Å². The Morgan fingerprint density at radius 1 is 0.882 bits per heavy atom. The van der Waals surface area contributed by atoms with Gasteiger partial charge in [-0.15, -0.1) is 0 Å². The number of hydrogen-bond donors (Lipinski definition) is 2. The van der Waals surface area contributed by atoms with E-state index in [0.717, 1.165) is 5.69 Å². The van der Waals surface area contributed by atoms with Crippen molar-refractivity contribution in [1.82, 2.24) is 0 Å². The van der Waals surface area contributed by atoms with Crippen LogP contribution in [0.2, 0.25) is 0 Å². The molecule has 0 unspecified atom stereocenters. The van der Waals surface area contributed by atoms with Crippen LogP contribution in [-0.2, 0) is 6.54 Å². The molecule has 0 aliphatic rings. The third-order valence-corrected chi connectivity index (χ3v) is 2.40. The van der Waals surface area contributed by atoms with Crippen molar-refractivity contribution in [3.63, 3.8) is 0 Å². The van der Waals surface area contributed by atoms with Crippen LogP contribution in [-0.4, -0.2) is 0 Å². The van der Waals surface area contributed by atoms with E-state index in [1.165, 1.54) is 16.7 Å². The number of nitrogen functional groups attached to an aromatic ring is 1. The minimum atomic E-state index is 0.641. The summed E-state index contributed by atoms with van der Waals surface area (Å²) in [4.78, 5) is 0. The van der Waals surface area contributed by atoms with Gasteiger partial charge >= 0.3 is 0 Å². The van der Waals surface area contributed by atoms with Crippen LogP contribution in [0.5, 0.6) is 0 Å². The Labute approximate surface area is 103 Å². The zero-order valence-corrected chi connectivity index (χ0v) is 10.5. The molecular formula is C15H20N2. The lowest BCUT2D eigenvalue weighted by Crippen LogP contribution is -1.95. The van der Waals surface area contributed by atoms with Gasteiger partial charge in [0.1, 0.15) is 0 Å². The average Bonchev–Trinajstić information content (AvgIpc) is 2.34. The largest absolute Gasteiger partial charge is 0.399 e. The van der Waals surface area contributed by atoms with Gasteiger partial charge in [-0.3, -0.25) is 0 Å². The van der Waals surface area contributed by atoms with Crippen LogP contribution in [0.4, 0.5) is 5.69 Å². The second-order valence-corrected chi connectivity index (χ2v) is 4.10. The molecule has 90 valence electrons. The van der Waals surface area contributed by atoms with Gasteiger partial charge in [-0.05, 0) is 31.5 Å². The second kappa shape index (κ2) is 6.71. The number of benzene rings is 2. The van der Waals surface area contributed by atoms with E-state index in [1.54, 1.807) is 0 Å². The minimum Gasteiger partial charge on any atom is -0.399 e. The summed E-state index contributed by atoms with van der Waals surface area (Å²) in [5.41, 5.74) is 15.4. The first-order valence-electron chi connectivity index (χ1n) is 5.69. The van der Waals surface area contributed by atoms with E-state index in [0.29, 0.717) is 6.54 Å². The maximum Gasteiger partial charge on any atom is 0.0314 e. The Bertz CT molecular complexity index is 426.